The van der Waals surface area contributed by atoms with E-state index in [4.69, 9.17) is 0 Å². The van der Waals surface area contributed by atoms with Crippen molar-refractivity contribution in [1.29, 1.82) is 0 Å². The molecule has 2 aliphatic carbocycles. The van der Waals surface area contributed by atoms with Crippen molar-refractivity contribution in [2.24, 2.45) is 5.92 Å². The molecule has 0 aliphatic heterocycles. The maximum absolute atomic E-state index is 12.5. The predicted octanol–water partition coefficient (Wildman–Crippen LogP) is 2.17. The summed E-state index contributed by atoms with van der Waals surface area (Å²) in [5.41, 5.74) is 0.179. The van der Waals surface area contributed by atoms with Crippen LogP contribution in [0.4, 0.5) is 8.78 Å². The van der Waals surface area contributed by atoms with E-state index >= 15 is 0 Å². The summed E-state index contributed by atoms with van der Waals surface area (Å²) in [6.07, 6.45) is 3.62. The summed E-state index contributed by atoms with van der Waals surface area (Å²) in [4.78, 5) is 0. The average molecular weight is 175 g/mol. The van der Waals surface area contributed by atoms with Crippen LogP contribution in [0.3, 0.4) is 0 Å². The molecule has 1 unspecified atom stereocenters. The molecule has 0 bridgehead atoms. The van der Waals surface area contributed by atoms with Crippen LogP contribution in [0.1, 0.15) is 32.6 Å². The number of rotatable bonds is 3. The molecule has 2 aliphatic rings. The molecule has 12 heavy (non-hydrogen) atoms. The van der Waals surface area contributed by atoms with E-state index < -0.39 is 5.92 Å². The Morgan fingerprint density at radius 3 is 2.33 bits per heavy atom. The molecule has 0 amide bonds. The maximum atomic E-state index is 12.5. The van der Waals surface area contributed by atoms with Crippen LogP contribution in [0.25, 0.3) is 0 Å². The number of hydrogen-bond donors (Lipinski definition) is 1. The van der Waals surface area contributed by atoms with Gasteiger partial charge < -0.3 is 5.32 Å². The first kappa shape index (κ1) is 8.42. The average Bonchev–Trinajstić information content (AvgIpc) is 2.51. The molecule has 0 aromatic rings. The third-order valence-electron chi connectivity index (χ3n) is 3.19. The van der Waals surface area contributed by atoms with E-state index in [1.165, 1.54) is 6.42 Å². The highest BCUT2D eigenvalue weighted by Crippen LogP contribution is 2.48. The SMILES string of the molecule is CC1(NCC2CC2(F)F)CCC1. The van der Waals surface area contributed by atoms with Crippen molar-refractivity contribution in [2.45, 2.75) is 44.1 Å². The second-order valence-corrected chi connectivity index (χ2v) is 4.46. The quantitative estimate of drug-likeness (QED) is 0.693. The van der Waals surface area contributed by atoms with E-state index in [1.54, 1.807) is 0 Å². The molecular weight excluding hydrogens is 160 g/mol. The molecule has 0 radical (unpaired) electrons. The van der Waals surface area contributed by atoms with Crippen LogP contribution >= 0.6 is 0 Å². The van der Waals surface area contributed by atoms with Gasteiger partial charge in [-0.3, -0.25) is 0 Å². The van der Waals surface area contributed by atoms with E-state index in [0.717, 1.165) is 12.8 Å². The number of alkyl halides is 2. The summed E-state index contributed by atoms with van der Waals surface area (Å²) in [7, 11) is 0. The van der Waals surface area contributed by atoms with E-state index in [-0.39, 0.29) is 17.9 Å². The van der Waals surface area contributed by atoms with Gasteiger partial charge in [0.1, 0.15) is 0 Å². The highest BCUT2D eigenvalue weighted by atomic mass is 19.3. The van der Waals surface area contributed by atoms with Crippen LogP contribution in [0.2, 0.25) is 0 Å². The van der Waals surface area contributed by atoms with E-state index in [9.17, 15) is 8.78 Å². The van der Waals surface area contributed by atoms with E-state index in [1.807, 2.05) is 0 Å². The number of nitrogens with one attached hydrogen (secondary N) is 1. The zero-order valence-electron chi connectivity index (χ0n) is 7.37. The fourth-order valence-corrected chi connectivity index (χ4v) is 1.74. The summed E-state index contributed by atoms with van der Waals surface area (Å²) in [5, 5.41) is 3.23. The molecule has 1 nitrogen and oxygen atoms in total. The molecule has 70 valence electrons. The lowest BCUT2D eigenvalue weighted by molar-refractivity contribution is 0.0934. The lowest BCUT2D eigenvalue weighted by atomic mass is 9.78. The molecule has 1 N–H and O–H groups in total. The van der Waals surface area contributed by atoms with Gasteiger partial charge in [0.05, 0.1) is 0 Å². The summed E-state index contributed by atoms with van der Waals surface area (Å²) in [5.74, 6) is -2.73. The zero-order chi connectivity index (χ0) is 8.82. The number of halogens is 2. The van der Waals surface area contributed by atoms with Crippen molar-refractivity contribution < 1.29 is 8.78 Å². The summed E-state index contributed by atoms with van der Waals surface area (Å²) in [6.45, 7) is 2.63. The Labute approximate surface area is 71.5 Å². The van der Waals surface area contributed by atoms with Gasteiger partial charge in [0.15, 0.2) is 0 Å². The Hall–Kier alpha value is -0.180. The Morgan fingerprint density at radius 2 is 2.00 bits per heavy atom. The van der Waals surface area contributed by atoms with Gasteiger partial charge in [-0.15, -0.1) is 0 Å². The van der Waals surface area contributed by atoms with Crippen LogP contribution in [0.5, 0.6) is 0 Å². The Bertz CT molecular complexity index is 187. The molecule has 0 heterocycles. The minimum absolute atomic E-state index is 0.0933. The molecule has 2 fully saturated rings. The van der Waals surface area contributed by atoms with E-state index in [2.05, 4.69) is 12.2 Å². The second kappa shape index (κ2) is 2.41. The van der Waals surface area contributed by atoms with Crippen molar-refractivity contribution >= 4 is 0 Å². The first-order valence-corrected chi connectivity index (χ1v) is 4.65. The molecule has 0 saturated heterocycles. The predicted molar refractivity (Wildman–Crippen MR) is 43.3 cm³/mol. The Morgan fingerprint density at radius 1 is 1.42 bits per heavy atom. The van der Waals surface area contributed by atoms with Crippen molar-refractivity contribution in [3.05, 3.63) is 0 Å². The van der Waals surface area contributed by atoms with Gasteiger partial charge in [0.25, 0.3) is 5.92 Å². The topological polar surface area (TPSA) is 12.0 Å². The van der Waals surface area contributed by atoms with Crippen molar-refractivity contribution in [2.75, 3.05) is 6.54 Å². The molecule has 2 saturated carbocycles. The van der Waals surface area contributed by atoms with Crippen molar-refractivity contribution in [3.8, 4) is 0 Å². The van der Waals surface area contributed by atoms with Gasteiger partial charge in [-0.1, -0.05) is 0 Å². The molecule has 1 atom stereocenters. The molecule has 0 aromatic heterocycles. The van der Waals surface area contributed by atoms with Crippen molar-refractivity contribution in [3.63, 3.8) is 0 Å². The zero-order valence-corrected chi connectivity index (χ0v) is 7.37. The van der Waals surface area contributed by atoms with Crippen LogP contribution in [0.15, 0.2) is 0 Å². The molecule has 2 rings (SSSR count). The molecular formula is C9H15F2N. The first-order chi connectivity index (χ1) is 5.52. The van der Waals surface area contributed by atoms with Gasteiger partial charge in [-0.25, -0.2) is 8.78 Å². The lowest BCUT2D eigenvalue weighted by Crippen LogP contribution is -2.49. The molecule has 0 aromatic carbocycles. The van der Waals surface area contributed by atoms with Crippen LogP contribution in [-0.2, 0) is 0 Å². The monoisotopic (exact) mass is 175 g/mol. The van der Waals surface area contributed by atoms with Crippen molar-refractivity contribution in [1.82, 2.24) is 5.32 Å². The van der Waals surface area contributed by atoms with Gasteiger partial charge in [-0.05, 0) is 26.2 Å². The normalized spacial score (nSPS) is 35.8. The highest BCUT2D eigenvalue weighted by molar-refractivity contribution is 4.99. The van der Waals surface area contributed by atoms with Gasteiger partial charge in [0.2, 0.25) is 0 Å². The van der Waals surface area contributed by atoms with E-state index in [0.29, 0.717) is 6.54 Å². The first-order valence-electron chi connectivity index (χ1n) is 4.65. The minimum Gasteiger partial charge on any atom is -0.311 e. The third kappa shape index (κ3) is 1.47. The smallest absolute Gasteiger partial charge is 0.252 e. The third-order valence-corrected chi connectivity index (χ3v) is 3.19. The molecule has 3 heteroatoms. The van der Waals surface area contributed by atoms with Gasteiger partial charge in [0, 0.05) is 24.4 Å². The number of hydrogen-bond acceptors (Lipinski definition) is 1. The maximum Gasteiger partial charge on any atom is 0.252 e. The largest absolute Gasteiger partial charge is 0.311 e. The molecule has 0 spiro atoms. The lowest BCUT2D eigenvalue weighted by Gasteiger charge is -2.39. The summed E-state index contributed by atoms with van der Waals surface area (Å²) in [6, 6.07) is 0. The van der Waals surface area contributed by atoms with Gasteiger partial charge >= 0.3 is 0 Å². The summed E-state index contributed by atoms with van der Waals surface area (Å²) < 4.78 is 24.9. The second-order valence-electron chi connectivity index (χ2n) is 4.46. The highest BCUT2D eigenvalue weighted by Gasteiger charge is 2.56. The van der Waals surface area contributed by atoms with Gasteiger partial charge in [-0.2, -0.15) is 0 Å². The van der Waals surface area contributed by atoms with Crippen LogP contribution in [0, 0.1) is 5.92 Å². The van der Waals surface area contributed by atoms with Crippen LogP contribution < -0.4 is 5.32 Å². The minimum atomic E-state index is -2.35. The Balaban J connectivity index is 1.70. The Kier molecular flexibility index (Phi) is 1.69. The van der Waals surface area contributed by atoms with Crippen LogP contribution in [-0.4, -0.2) is 18.0 Å². The fourth-order valence-electron chi connectivity index (χ4n) is 1.74. The fraction of sp³-hybridized carbons (Fsp3) is 1.00. The standard InChI is InChI=1S/C9H15F2N/c1-8(3-2-4-8)12-6-7-5-9(7,10)11/h7,12H,2-6H2,1H3. The summed E-state index contributed by atoms with van der Waals surface area (Å²) >= 11 is 0.